The topological polar surface area (TPSA) is 50.3 Å². The van der Waals surface area contributed by atoms with Gasteiger partial charge < -0.3 is 0 Å². The van der Waals surface area contributed by atoms with Crippen LogP contribution >= 0.6 is 11.6 Å². The molecule has 0 aliphatic rings. The van der Waals surface area contributed by atoms with Crippen LogP contribution < -0.4 is 4.90 Å². The normalized spacial score (nSPS) is 10.2. The van der Waals surface area contributed by atoms with Gasteiger partial charge in [0, 0.05) is 30.8 Å². The first-order valence-electron chi connectivity index (χ1n) is 6.00. The van der Waals surface area contributed by atoms with Crippen molar-refractivity contribution in [2.45, 2.75) is 6.92 Å². The van der Waals surface area contributed by atoms with Crippen LogP contribution in [0.4, 0.5) is 5.82 Å². The molecule has 0 saturated carbocycles. The van der Waals surface area contributed by atoms with Crippen molar-refractivity contribution in [2.75, 3.05) is 11.9 Å². The largest absolute Gasteiger partial charge is 0.300 e. The highest BCUT2D eigenvalue weighted by atomic mass is 35.5. The molecule has 0 fully saturated rings. The molecule has 5 heteroatoms. The molecule has 1 aromatic heterocycles. The van der Waals surface area contributed by atoms with E-state index in [4.69, 9.17) is 11.6 Å². The maximum atomic E-state index is 12.5. The van der Waals surface area contributed by atoms with Crippen molar-refractivity contribution in [1.82, 2.24) is 4.98 Å². The summed E-state index contributed by atoms with van der Waals surface area (Å²) in [5.41, 5.74) is 0.883. The van der Waals surface area contributed by atoms with E-state index in [9.17, 15) is 9.59 Å². The molecular formula is C15H13ClN2O2. The summed E-state index contributed by atoms with van der Waals surface area (Å²) in [6.45, 7) is 1.42. The number of hydrogen-bond acceptors (Lipinski definition) is 3. The fourth-order valence-corrected chi connectivity index (χ4v) is 1.87. The minimum absolute atomic E-state index is 0.186. The molecule has 1 amide bonds. The van der Waals surface area contributed by atoms with E-state index in [2.05, 4.69) is 4.98 Å². The molecule has 1 heterocycles. The Morgan fingerprint density at radius 3 is 2.40 bits per heavy atom. The van der Waals surface area contributed by atoms with Crippen molar-refractivity contribution in [2.24, 2.45) is 0 Å². The van der Waals surface area contributed by atoms with Gasteiger partial charge in [0.15, 0.2) is 5.78 Å². The number of carbonyl (C=O) groups is 2. The number of hydrogen-bond donors (Lipinski definition) is 0. The summed E-state index contributed by atoms with van der Waals surface area (Å²) in [6, 6.07) is 9.92. The Labute approximate surface area is 122 Å². The van der Waals surface area contributed by atoms with Gasteiger partial charge in [0.1, 0.15) is 5.82 Å². The number of ketones is 1. The first-order valence-corrected chi connectivity index (χ1v) is 6.38. The van der Waals surface area contributed by atoms with Crippen molar-refractivity contribution in [3.05, 3.63) is 58.7 Å². The van der Waals surface area contributed by atoms with Crippen LogP contribution in [0.5, 0.6) is 0 Å². The molecule has 4 nitrogen and oxygen atoms in total. The average Bonchev–Trinajstić information content (AvgIpc) is 2.46. The lowest BCUT2D eigenvalue weighted by Gasteiger charge is -2.16. The van der Waals surface area contributed by atoms with E-state index < -0.39 is 0 Å². The van der Waals surface area contributed by atoms with E-state index in [1.54, 1.807) is 49.6 Å². The second-order valence-electron chi connectivity index (χ2n) is 4.29. The zero-order valence-corrected chi connectivity index (χ0v) is 11.9. The Morgan fingerprint density at radius 2 is 1.80 bits per heavy atom. The monoisotopic (exact) mass is 288 g/mol. The predicted molar refractivity (Wildman–Crippen MR) is 78.2 cm³/mol. The van der Waals surface area contributed by atoms with Crippen LogP contribution in [-0.4, -0.2) is 23.7 Å². The molecule has 0 radical (unpaired) electrons. The zero-order valence-electron chi connectivity index (χ0n) is 11.1. The predicted octanol–water partition coefficient (Wildman–Crippen LogP) is 2.95. The Bertz CT molecular complexity index is 653. The number of amides is 1. The summed E-state index contributed by atoms with van der Waals surface area (Å²) in [5, 5.41) is 0.564. The van der Waals surface area contributed by atoms with Crippen molar-refractivity contribution in [3.8, 4) is 0 Å². The molecule has 0 bridgehead atoms. The van der Waals surface area contributed by atoms with Gasteiger partial charge in [-0.05, 0) is 36.4 Å². The van der Waals surface area contributed by atoms with Gasteiger partial charge in [-0.3, -0.25) is 14.5 Å². The minimum Gasteiger partial charge on any atom is -0.300 e. The number of carbonyl (C=O) groups excluding carboxylic acids is 2. The lowest BCUT2D eigenvalue weighted by molar-refractivity contribution is -0.116. The van der Waals surface area contributed by atoms with Gasteiger partial charge in [0.05, 0.1) is 5.56 Å². The second-order valence-corrected chi connectivity index (χ2v) is 4.73. The Morgan fingerprint density at radius 1 is 1.15 bits per heavy atom. The van der Waals surface area contributed by atoms with Gasteiger partial charge in [-0.25, -0.2) is 4.98 Å². The number of benzene rings is 1. The highest BCUT2D eigenvalue weighted by Gasteiger charge is 2.18. The standard InChI is InChI=1S/C15H13ClN2O2/c1-10(19)18(2)15-13(4-3-9-17-15)14(20)11-5-7-12(16)8-6-11/h3-9H,1-2H3. The Kier molecular flexibility index (Phi) is 4.15. The summed E-state index contributed by atoms with van der Waals surface area (Å²) < 4.78 is 0. The molecule has 0 atom stereocenters. The third-order valence-corrected chi connectivity index (χ3v) is 3.18. The first-order chi connectivity index (χ1) is 9.50. The van der Waals surface area contributed by atoms with Gasteiger partial charge in [0.2, 0.25) is 5.91 Å². The van der Waals surface area contributed by atoms with Crippen LogP contribution in [0.2, 0.25) is 5.02 Å². The van der Waals surface area contributed by atoms with Crippen molar-refractivity contribution in [3.63, 3.8) is 0 Å². The van der Waals surface area contributed by atoms with Crippen molar-refractivity contribution in [1.29, 1.82) is 0 Å². The maximum absolute atomic E-state index is 12.5. The highest BCUT2D eigenvalue weighted by Crippen LogP contribution is 2.21. The average molecular weight is 289 g/mol. The Balaban J connectivity index is 2.45. The number of pyridine rings is 1. The zero-order chi connectivity index (χ0) is 14.7. The lowest BCUT2D eigenvalue weighted by atomic mass is 10.0. The van der Waals surface area contributed by atoms with Crippen LogP contribution in [0.25, 0.3) is 0 Å². The molecule has 102 valence electrons. The number of aromatic nitrogens is 1. The van der Waals surface area contributed by atoms with E-state index in [1.807, 2.05) is 0 Å². The molecular weight excluding hydrogens is 276 g/mol. The molecule has 1 aromatic carbocycles. The second kappa shape index (κ2) is 5.84. The highest BCUT2D eigenvalue weighted by molar-refractivity contribution is 6.30. The number of rotatable bonds is 3. The summed E-state index contributed by atoms with van der Waals surface area (Å²) >= 11 is 5.81. The van der Waals surface area contributed by atoms with Gasteiger partial charge in [-0.15, -0.1) is 0 Å². The fraction of sp³-hybridized carbons (Fsp3) is 0.133. The van der Waals surface area contributed by atoms with Crippen molar-refractivity contribution < 1.29 is 9.59 Å². The molecule has 0 unspecified atom stereocenters. The van der Waals surface area contributed by atoms with Crippen LogP contribution in [0.3, 0.4) is 0 Å². The minimum atomic E-state index is -0.196. The summed E-state index contributed by atoms with van der Waals surface area (Å²) in [4.78, 5) is 29.4. The van der Waals surface area contributed by atoms with Crippen LogP contribution in [0, 0.1) is 0 Å². The third kappa shape index (κ3) is 2.86. The summed E-state index contributed by atoms with van der Waals surface area (Å²) in [5.74, 6) is -0.0355. The molecule has 20 heavy (non-hydrogen) atoms. The lowest BCUT2D eigenvalue weighted by Crippen LogP contribution is -2.26. The first kappa shape index (κ1) is 14.2. The van der Waals surface area contributed by atoms with Crippen LogP contribution in [-0.2, 0) is 4.79 Å². The number of nitrogens with zero attached hydrogens (tertiary/aromatic N) is 2. The molecule has 2 aromatic rings. The van der Waals surface area contributed by atoms with E-state index in [-0.39, 0.29) is 11.7 Å². The summed E-state index contributed by atoms with van der Waals surface area (Å²) in [7, 11) is 1.59. The van der Waals surface area contributed by atoms with Crippen LogP contribution in [0.1, 0.15) is 22.8 Å². The van der Waals surface area contributed by atoms with E-state index in [0.717, 1.165) is 0 Å². The fourth-order valence-electron chi connectivity index (χ4n) is 1.75. The summed E-state index contributed by atoms with van der Waals surface area (Å²) in [6.07, 6.45) is 1.55. The van der Waals surface area contributed by atoms with E-state index >= 15 is 0 Å². The van der Waals surface area contributed by atoms with Gasteiger partial charge in [-0.1, -0.05) is 11.6 Å². The number of halogens is 1. The van der Waals surface area contributed by atoms with Gasteiger partial charge >= 0.3 is 0 Å². The quantitative estimate of drug-likeness (QED) is 0.816. The third-order valence-electron chi connectivity index (χ3n) is 2.93. The van der Waals surface area contributed by atoms with E-state index in [1.165, 1.54) is 11.8 Å². The maximum Gasteiger partial charge on any atom is 0.224 e. The van der Waals surface area contributed by atoms with Gasteiger partial charge in [-0.2, -0.15) is 0 Å². The molecule has 0 aliphatic heterocycles. The Hall–Kier alpha value is -2.20. The van der Waals surface area contributed by atoms with Gasteiger partial charge in [0.25, 0.3) is 0 Å². The molecule has 0 aliphatic carbocycles. The SMILES string of the molecule is CC(=O)N(C)c1ncccc1C(=O)c1ccc(Cl)cc1. The molecule has 0 spiro atoms. The molecule has 0 saturated heterocycles. The van der Waals surface area contributed by atoms with Crippen LogP contribution in [0.15, 0.2) is 42.6 Å². The molecule has 2 rings (SSSR count). The smallest absolute Gasteiger partial charge is 0.224 e. The number of anilines is 1. The van der Waals surface area contributed by atoms with Crippen molar-refractivity contribution >= 4 is 29.1 Å². The molecule has 0 N–H and O–H groups in total. The van der Waals surface area contributed by atoms with E-state index in [0.29, 0.717) is 22.0 Å².